The van der Waals surface area contributed by atoms with Gasteiger partial charge in [-0.15, -0.1) is 0 Å². The largest absolute Gasteiger partial charge is 0.378 e. The van der Waals surface area contributed by atoms with Crippen LogP contribution in [0.3, 0.4) is 0 Å². The quantitative estimate of drug-likeness (QED) is 0.915. The van der Waals surface area contributed by atoms with Crippen molar-refractivity contribution in [1.82, 2.24) is 9.78 Å². The normalized spacial score (nSPS) is 12.2. The van der Waals surface area contributed by atoms with Crippen LogP contribution in [0.15, 0.2) is 24.4 Å². The molecule has 0 spiro atoms. The van der Waals surface area contributed by atoms with E-state index in [9.17, 15) is 9.90 Å². The molecule has 1 amide bonds. The fourth-order valence-electron chi connectivity index (χ4n) is 1.71. The van der Waals surface area contributed by atoms with Gasteiger partial charge in [-0.1, -0.05) is 23.2 Å². The molecule has 1 atom stereocenters. The highest BCUT2D eigenvalue weighted by atomic mass is 35.5. The fourth-order valence-corrected chi connectivity index (χ4v) is 2.25. The standard InChI is InChI=1S/C13H13Cl2N3O2/c1-7-11(6-16-18(7)2)17-13(20)12(19)8-3-9(14)5-10(15)4-8/h3-6,12,19H,1-2H3,(H,17,20). The number of carbonyl (C=O) groups is 1. The number of aryl methyl sites for hydroxylation is 1. The number of hydrogen-bond donors (Lipinski definition) is 2. The fraction of sp³-hybridized carbons (Fsp3) is 0.231. The number of aliphatic hydroxyl groups excluding tert-OH is 1. The van der Waals surface area contributed by atoms with Gasteiger partial charge in [-0.25, -0.2) is 0 Å². The zero-order valence-electron chi connectivity index (χ0n) is 10.9. The van der Waals surface area contributed by atoms with E-state index in [-0.39, 0.29) is 0 Å². The topological polar surface area (TPSA) is 67.2 Å². The number of nitrogens with zero attached hydrogens (tertiary/aromatic N) is 2. The highest BCUT2D eigenvalue weighted by Gasteiger charge is 2.20. The molecule has 2 aromatic rings. The lowest BCUT2D eigenvalue weighted by Crippen LogP contribution is -2.21. The minimum absolute atomic E-state index is 0.335. The van der Waals surface area contributed by atoms with Gasteiger partial charge in [0.05, 0.1) is 17.6 Å². The van der Waals surface area contributed by atoms with E-state index < -0.39 is 12.0 Å². The molecule has 2 N–H and O–H groups in total. The number of rotatable bonds is 3. The van der Waals surface area contributed by atoms with Crippen molar-refractivity contribution in [3.05, 3.63) is 45.7 Å². The van der Waals surface area contributed by atoms with E-state index in [1.165, 1.54) is 24.4 Å². The molecule has 7 heteroatoms. The van der Waals surface area contributed by atoms with Gasteiger partial charge in [-0.2, -0.15) is 5.10 Å². The Hall–Kier alpha value is -1.56. The van der Waals surface area contributed by atoms with Gasteiger partial charge in [-0.3, -0.25) is 9.48 Å². The third kappa shape index (κ3) is 3.12. The maximum Gasteiger partial charge on any atom is 0.257 e. The highest BCUT2D eigenvalue weighted by molar-refractivity contribution is 6.34. The van der Waals surface area contributed by atoms with Crippen LogP contribution < -0.4 is 5.32 Å². The smallest absolute Gasteiger partial charge is 0.257 e. The molecule has 0 fully saturated rings. The molecule has 1 aromatic heterocycles. The molecule has 1 heterocycles. The first-order valence-corrected chi connectivity index (χ1v) is 6.57. The lowest BCUT2D eigenvalue weighted by molar-refractivity contribution is -0.124. The first-order valence-electron chi connectivity index (χ1n) is 5.82. The van der Waals surface area contributed by atoms with Crippen molar-refractivity contribution in [1.29, 1.82) is 0 Å². The van der Waals surface area contributed by atoms with E-state index in [0.29, 0.717) is 21.3 Å². The molecule has 20 heavy (non-hydrogen) atoms. The second-order valence-electron chi connectivity index (χ2n) is 4.36. The predicted octanol–water partition coefficient (Wildman–Crippen LogP) is 2.71. The summed E-state index contributed by atoms with van der Waals surface area (Å²) in [5.41, 5.74) is 1.67. The van der Waals surface area contributed by atoms with Gasteiger partial charge < -0.3 is 10.4 Å². The average molecular weight is 314 g/mol. The molecule has 5 nitrogen and oxygen atoms in total. The Morgan fingerprint density at radius 1 is 1.35 bits per heavy atom. The monoisotopic (exact) mass is 313 g/mol. The van der Waals surface area contributed by atoms with Crippen LogP contribution in [0.4, 0.5) is 5.69 Å². The summed E-state index contributed by atoms with van der Waals surface area (Å²) in [5, 5.41) is 17.4. The number of benzene rings is 1. The number of aliphatic hydroxyl groups is 1. The molecule has 1 aromatic carbocycles. The van der Waals surface area contributed by atoms with Crippen LogP contribution in [0.1, 0.15) is 17.4 Å². The first-order chi connectivity index (χ1) is 9.38. The Labute approximate surface area is 126 Å². The van der Waals surface area contributed by atoms with E-state index in [1.807, 2.05) is 6.92 Å². The van der Waals surface area contributed by atoms with Crippen molar-refractivity contribution >= 4 is 34.8 Å². The Kier molecular flexibility index (Phi) is 4.32. The van der Waals surface area contributed by atoms with Crippen LogP contribution in [0.2, 0.25) is 10.0 Å². The number of anilines is 1. The molecular weight excluding hydrogens is 301 g/mol. The predicted molar refractivity (Wildman–Crippen MR) is 78.0 cm³/mol. The van der Waals surface area contributed by atoms with Crippen LogP contribution in [-0.2, 0) is 11.8 Å². The summed E-state index contributed by atoms with van der Waals surface area (Å²) in [6.45, 7) is 1.81. The van der Waals surface area contributed by atoms with Crippen LogP contribution in [0.25, 0.3) is 0 Å². The summed E-state index contributed by atoms with van der Waals surface area (Å²) < 4.78 is 1.62. The SMILES string of the molecule is Cc1c(NC(=O)C(O)c2cc(Cl)cc(Cl)c2)cnn1C. The van der Waals surface area contributed by atoms with E-state index in [1.54, 1.807) is 11.7 Å². The summed E-state index contributed by atoms with van der Waals surface area (Å²) in [6.07, 6.45) is 0.163. The second-order valence-corrected chi connectivity index (χ2v) is 5.23. The molecule has 0 aliphatic heterocycles. The van der Waals surface area contributed by atoms with Gasteiger partial charge in [0.1, 0.15) is 0 Å². The van der Waals surface area contributed by atoms with Crippen molar-refractivity contribution < 1.29 is 9.90 Å². The summed E-state index contributed by atoms with van der Waals surface area (Å²) in [5.74, 6) is -0.570. The summed E-state index contributed by atoms with van der Waals surface area (Å²) in [6, 6.07) is 4.52. The Bertz CT molecular complexity index is 635. The molecule has 0 aliphatic rings. The van der Waals surface area contributed by atoms with Crippen LogP contribution in [-0.4, -0.2) is 20.8 Å². The van der Waals surface area contributed by atoms with Crippen LogP contribution >= 0.6 is 23.2 Å². The first kappa shape index (κ1) is 14.8. The third-order valence-electron chi connectivity index (χ3n) is 2.94. The molecular formula is C13H13Cl2N3O2. The van der Waals surface area contributed by atoms with Gasteiger partial charge in [-0.05, 0) is 30.7 Å². The van der Waals surface area contributed by atoms with Gasteiger partial charge in [0.15, 0.2) is 6.10 Å². The van der Waals surface area contributed by atoms with Crippen molar-refractivity contribution in [2.75, 3.05) is 5.32 Å². The van der Waals surface area contributed by atoms with Crippen molar-refractivity contribution in [2.45, 2.75) is 13.0 Å². The lowest BCUT2D eigenvalue weighted by atomic mass is 10.1. The van der Waals surface area contributed by atoms with Gasteiger partial charge >= 0.3 is 0 Å². The Morgan fingerprint density at radius 3 is 2.45 bits per heavy atom. The van der Waals surface area contributed by atoms with Gasteiger partial charge in [0.2, 0.25) is 0 Å². The molecule has 106 valence electrons. The third-order valence-corrected chi connectivity index (χ3v) is 3.38. The Balaban J connectivity index is 2.18. The van der Waals surface area contributed by atoms with Crippen molar-refractivity contribution in [2.24, 2.45) is 7.05 Å². The van der Waals surface area contributed by atoms with Gasteiger partial charge in [0, 0.05) is 17.1 Å². The molecule has 0 bridgehead atoms. The highest BCUT2D eigenvalue weighted by Crippen LogP contribution is 2.24. The maximum absolute atomic E-state index is 12.0. The van der Waals surface area contributed by atoms with E-state index >= 15 is 0 Å². The number of amides is 1. The van der Waals surface area contributed by atoms with E-state index in [0.717, 1.165) is 5.69 Å². The Morgan fingerprint density at radius 2 is 1.95 bits per heavy atom. The number of nitrogens with one attached hydrogen (secondary N) is 1. The minimum atomic E-state index is -1.36. The summed E-state index contributed by atoms with van der Waals surface area (Å²) in [4.78, 5) is 12.0. The molecule has 2 rings (SSSR count). The average Bonchev–Trinajstić information content (AvgIpc) is 2.68. The van der Waals surface area contributed by atoms with Crippen molar-refractivity contribution in [3.8, 4) is 0 Å². The zero-order chi connectivity index (χ0) is 14.9. The minimum Gasteiger partial charge on any atom is -0.378 e. The van der Waals surface area contributed by atoms with Gasteiger partial charge in [0.25, 0.3) is 5.91 Å². The molecule has 0 saturated heterocycles. The summed E-state index contributed by atoms with van der Waals surface area (Å²) >= 11 is 11.7. The molecule has 0 saturated carbocycles. The van der Waals surface area contributed by atoms with E-state index in [4.69, 9.17) is 23.2 Å². The molecule has 0 radical (unpaired) electrons. The molecule has 0 aliphatic carbocycles. The zero-order valence-corrected chi connectivity index (χ0v) is 12.4. The lowest BCUT2D eigenvalue weighted by Gasteiger charge is -2.12. The van der Waals surface area contributed by atoms with E-state index in [2.05, 4.69) is 10.4 Å². The maximum atomic E-state index is 12.0. The second kappa shape index (κ2) is 5.83. The number of halogens is 2. The van der Waals surface area contributed by atoms with Crippen molar-refractivity contribution in [3.63, 3.8) is 0 Å². The number of aromatic nitrogens is 2. The number of hydrogen-bond acceptors (Lipinski definition) is 3. The summed E-state index contributed by atoms with van der Waals surface area (Å²) in [7, 11) is 1.76. The van der Waals surface area contributed by atoms with Crippen LogP contribution in [0, 0.1) is 6.92 Å². The number of carbonyl (C=O) groups excluding carboxylic acids is 1. The molecule has 1 unspecified atom stereocenters. The van der Waals surface area contributed by atoms with Crippen LogP contribution in [0.5, 0.6) is 0 Å².